The quantitative estimate of drug-likeness (QED) is 0.139. The van der Waals surface area contributed by atoms with Crippen LogP contribution in [0.5, 0.6) is 0 Å². The maximum absolute atomic E-state index is 2.56. The van der Waals surface area contributed by atoms with Gasteiger partial charge in [-0.25, -0.2) is 0 Å². The summed E-state index contributed by atoms with van der Waals surface area (Å²) in [5, 5.41) is 5.00. The van der Waals surface area contributed by atoms with Crippen molar-refractivity contribution in [2.24, 2.45) is 0 Å². The first-order chi connectivity index (χ1) is 37.8. The van der Waals surface area contributed by atoms with Gasteiger partial charge in [-0.3, -0.25) is 0 Å². The molecule has 0 atom stereocenters. The fraction of sp³-hybridized carbons (Fsp3) is 0.0667. The summed E-state index contributed by atoms with van der Waals surface area (Å²) in [6.07, 6.45) is 0. The third kappa shape index (κ3) is 7.74. The second-order valence-corrected chi connectivity index (χ2v) is 22.6. The number of hydrogen-bond donors (Lipinski definition) is 0. The van der Waals surface area contributed by atoms with Crippen molar-refractivity contribution in [1.29, 1.82) is 0 Å². The maximum atomic E-state index is 2.56. The Bertz CT molecular complexity index is 4310. The molecule has 1 aromatic heterocycles. The molecule has 1 aliphatic rings. The van der Waals surface area contributed by atoms with Gasteiger partial charge in [0.25, 0.3) is 0 Å². The topological polar surface area (TPSA) is 3.24 Å². The predicted octanol–water partition coefficient (Wildman–Crippen LogP) is 21.0. The molecule has 14 rings (SSSR count). The van der Waals surface area contributed by atoms with Crippen LogP contribution in [0.2, 0.25) is 0 Å². The molecule has 0 aliphatic heterocycles. The van der Waals surface area contributed by atoms with Gasteiger partial charge in [-0.2, -0.15) is 0 Å². The molecule has 0 spiro atoms. The van der Waals surface area contributed by atoms with Crippen molar-refractivity contribution in [2.75, 3.05) is 4.90 Å². The standard InChI is InChI=1S/C75H55NS/c1-74(2,3)56-41-37-50(38-42-56)53-40-45-69(65(48-53)51-21-7-4-8-22-51)76(59-43-44-68-66(49-59)62-31-15-17-35-67(62)75(68,57-26-9-5-10-27-57)58-28-11-6-12-29-58)70-46-39-52-23-13-14-30-60(52)72(70)55-25-19-24-54(47-55)61-33-20-34-64-63-32-16-18-36-71(63)77-73(61)64/h4-49H,1-3H3. The highest BCUT2D eigenvalue weighted by molar-refractivity contribution is 7.26. The summed E-state index contributed by atoms with van der Waals surface area (Å²) >= 11 is 1.88. The molecule has 1 heterocycles. The summed E-state index contributed by atoms with van der Waals surface area (Å²) in [6.45, 7) is 6.84. The van der Waals surface area contributed by atoms with E-state index in [0.717, 1.165) is 33.8 Å². The van der Waals surface area contributed by atoms with Gasteiger partial charge in [-0.15, -0.1) is 11.3 Å². The molecule has 0 radical (unpaired) electrons. The van der Waals surface area contributed by atoms with E-state index in [1.54, 1.807) is 0 Å². The monoisotopic (exact) mass is 1000 g/mol. The van der Waals surface area contributed by atoms with E-state index in [2.05, 4.69) is 305 Å². The lowest BCUT2D eigenvalue weighted by molar-refractivity contribution is 0.590. The van der Waals surface area contributed by atoms with E-state index >= 15 is 0 Å². The van der Waals surface area contributed by atoms with Crippen LogP contribution < -0.4 is 4.90 Å². The average Bonchev–Trinajstić information content (AvgIpc) is 4.05. The van der Waals surface area contributed by atoms with Gasteiger partial charge in [0.1, 0.15) is 0 Å². The van der Waals surface area contributed by atoms with Gasteiger partial charge in [0.15, 0.2) is 0 Å². The molecule has 0 unspecified atom stereocenters. The number of rotatable bonds is 9. The minimum Gasteiger partial charge on any atom is -0.309 e. The first kappa shape index (κ1) is 46.5. The Labute approximate surface area is 455 Å². The van der Waals surface area contributed by atoms with Crippen LogP contribution in [0.1, 0.15) is 48.6 Å². The number of benzene rings is 12. The second-order valence-electron chi connectivity index (χ2n) is 21.6. The number of fused-ring (bicyclic) bond motifs is 7. The van der Waals surface area contributed by atoms with Crippen LogP contribution in [0, 0.1) is 0 Å². The normalized spacial score (nSPS) is 12.7. The third-order valence-corrected chi connectivity index (χ3v) is 17.3. The summed E-state index contributed by atoms with van der Waals surface area (Å²) in [7, 11) is 0. The average molecular weight is 1000 g/mol. The number of hydrogen-bond acceptors (Lipinski definition) is 2. The highest BCUT2D eigenvalue weighted by Gasteiger charge is 2.46. The lowest BCUT2D eigenvalue weighted by Crippen LogP contribution is -2.28. The SMILES string of the molecule is CC(C)(C)c1ccc(-c2ccc(N(c3ccc4c(c3)-c3ccccc3C4(c3ccccc3)c3ccccc3)c3ccc4ccccc4c3-c3cccc(-c4cccc5c4sc4ccccc45)c3)c(-c3ccccc3)c2)cc1. The van der Waals surface area contributed by atoms with Gasteiger partial charge in [0, 0.05) is 37.0 Å². The fourth-order valence-corrected chi connectivity index (χ4v) is 13.7. The van der Waals surface area contributed by atoms with E-state index < -0.39 is 5.41 Å². The Morgan fingerprint density at radius 3 is 1.70 bits per heavy atom. The van der Waals surface area contributed by atoms with Crippen LogP contribution in [0.3, 0.4) is 0 Å². The van der Waals surface area contributed by atoms with Crippen molar-refractivity contribution in [3.05, 3.63) is 307 Å². The summed E-state index contributed by atoms with van der Waals surface area (Å²) in [6, 6.07) is 104. The van der Waals surface area contributed by atoms with Crippen LogP contribution in [-0.4, -0.2) is 0 Å². The molecule has 0 fully saturated rings. The van der Waals surface area contributed by atoms with Crippen LogP contribution in [0.15, 0.2) is 279 Å². The Hall–Kier alpha value is -9.08. The highest BCUT2D eigenvalue weighted by atomic mass is 32.1. The molecule has 13 aromatic rings. The molecule has 77 heavy (non-hydrogen) atoms. The molecule has 12 aromatic carbocycles. The van der Waals surface area contributed by atoms with Crippen molar-refractivity contribution in [1.82, 2.24) is 0 Å². The van der Waals surface area contributed by atoms with Crippen molar-refractivity contribution >= 4 is 59.3 Å². The minimum atomic E-state index is -0.525. The smallest absolute Gasteiger partial charge is 0.0713 e. The first-order valence-corrected chi connectivity index (χ1v) is 27.6. The lowest BCUT2D eigenvalue weighted by Gasteiger charge is -2.34. The van der Waals surface area contributed by atoms with Crippen LogP contribution in [0.25, 0.3) is 86.6 Å². The molecule has 366 valence electrons. The zero-order chi connectivity index (χ0) is 51.7. The Kier molecular flexibility index (Phi) is 11.2. The number of thiophene rings is 1. The van der Waals surface area contributed by atoms with Gasteiger partial charge >= 0.3 is 0 Å². The molecule has 2 heteroatoms. The van der Waals surface area contributed by atoms with Crippen molar-refractivity contribution in [3.63, 3.8) is 0 Å². The lowest BCUT2D eigenvalue weighted by atomic mass is 9.68. The molecule has 0 amide bonds. The molecule has 0 saturated carbocycles. The molecule has 1 nitrogen and oxygen atoms in total. The van der Waals surface area contributed by atoms with Crippen LogP contribution >= 0.6 is 11.3 Å². The summed E-state index contributed by atoms with van der Waals surface area (Å²) in [5.41, 5.74) is 21.1. The van der Waals surface area contributed by atoms with Crippen molar-refractivity contribution in [3.8, 4) is 55.6 Å². The molecular formula is C75H55NS. The zero-order valence-electron chi connectivity index (χ0n) is 43.4. The zero-order valence-corrected chi connectivity index (χ0v) is 44.2. The van der Waals surface area contributed by atoms with E-state index in [0.29, 0.717) is 0 Å². The van der Waals surface area contributed by atoms with Crippen molar-refractivity contribution < 1.29 is 0 Å². The van der Waals surface area contributed by atoms with Gasteiger partial charge in [-0.05, 0) is 131 Å². The van der Waals surface area contributed by atoms with Gasteiger partial charge in [0.2, 0.25) is 0 Å². The van der Waals surface area contributed by atoms with Gasteiger partial charge in [0.05, 0.1) is 16.8 Å². The molecule has 1 aliphatic carbocycles. The first-order valence-electron chi connectivity index (χ1n) is 26.8. The summed E-state index contributed by atoms with van der Waals surface area (Å²) in [4.78, 5) is 2.56. The number of nitrogens with zero attached hydrogens (tertiary/aromatic N) is 1. The Balaban J connectivity index is 1.05. The molecule has 0 N–H and O–H groups in total. The minimum absolute atomic E-state index is 0.0549. The van der Waals surface area contributed by atoms with E-state index in [9.17, 15) is 0 Å². The fourth-order valence-electron chi connectivity index (χ4n) is 12.5. The van der Waals surface area contributed by atoms with E-state index in [-0.39, 0.29) is 5.41 Å². The molecular weight excluding hydrogens is 947 g/mol. The Morgan fingerprint density at radius 2 is 0.935 bits per heavy atom. The van der Waals surface area contributed by atoms with Gasteiger partial charge in [-0.1, -0.05) is 257 Å². The number of anilines is 3. The Morgan fingerprint density at radius 1 is 0.351 bits per heavy atom. The molecule has 0 bridgehead atoms. The second kappa shape index (κ2) is 18.6. The maximum Gasteiger partial charge on any atom is 0.0713 e. The van der Waals surface area contributed by atoms with Crippen LogP contribution in [-0.2, 0) is 10.8 Å². The van der Waals surface area contributed by atoms with Crippen LogP contribution in [0.4, 0.5) is 17.1 Å². The van der Waals surface area contributed by atoms with E-state index in [4.69, 9.17) is 0 Å². The largest absolute Gasteiger partial charge is 0.309 e. The third-order valence-electron chi connectivity index (χ3n) is 16.1. The van der Waals surface area contributed by atoms with Gasteiger partial charge < -0.3 is 4.90 Å². The van der Waals surface area contributed by atoms with E-state index in [1.165, 1.54) is 97.7 Å². The summed E-state index contributed by atoms with van der Waals surface area (Å²) < 4.78 is 2.62. The van der Waals surface area contributed by atoms with E-state index in [1.807, 2.05) is 11.3 Å². The summed E-state index contributed by atoms with van der Waals surface area (Å²) in [5.74, 6) is 0. The highest BCUT2D eigenvalue weighted by Crippen LogP contribution is 2.58. The molecule has 0 saturated heterocycles. The predicted molar refractivity (Wildman–Crippen MR) is 329 cm³/mol. The van der Waals surface area contributed by atoms with Crippen molar-refractivity contribution in [2.45, 2.75) is 31.6 Å².